The lowest BCUT2D eigenvalue weighted by Crippen LogP contribution is -2.42. The van der Waals surface area contributed by atoms with E-state index in [0.717, 1.165) is 16.7 Å². The van der Waals surface area contributed by atoms with E-state index in [1.54, 1.807) is 43.5 Å². The Labute approximate surface area is 196 Å². The summed E-state index contributed by atoms with van der Waals surface area (Å²) in [6.45, 7) is 5.36. The van der Waals surface area contributed by atoms with Crippen LogP contribution in [0.3, 0.4) is 0 Å². The molecule has 3 rings (SSSR count). The number of anilines is 1. The highest BCUT2D eigenvalue weighted by Gasteiger charge is 2.29. The fourth-order valence-corrected chi connectivity index (χ4v) is 5.17. The maximum absolute atomic E-state index is 13.6. The Morgan fingerprint density at radius 2 is 1.64 bits per heavy atom. The third-order valence-electron chi connectivity index (χ3n) is 5.52. The van der Waals surface area contributed by atoms with Gasteiger partial charge in [0.2, 0.25) is 5.91 Å². The molecule has 3 aromatic rings. The van der Waals surface area contributed by atoms with E-state index in [0.29, 0.717) is 17.9 Å². The number of aryl methyl sites for hydroxylation is 2. The molecule has 0 spiro atoms. The minimum absolute atomic E-state index is 0.143. The van der Waals surface area contributed by atoms with Crippen LogP contribution in [0.4, 0.5) is 5.69 Å². The monoisotopic (exact) mass is 466 g/mol. The summed E-state index contributed by atoms with van der Waals surface area (Å²) in [5.41, 5.74) is 3.12. The van der Waals surface area contributed by atoms with Crippen molar-refractivity contribution >= 4 is 21.6 Å². The molecule has 0 saturated carbocycles. The SMILES string of the molecule is CCc1ccccc1N(CC(=O)N[C@H](C)c1ccccc1OC)S(=O)(=O)c1ccc(C)cc1. The number of carbonyl (C=O) groups excluding carboxylic acids is 1. The Balaban J connectivity index is 1.94. The number of methoxy groups -OCH3 is 1. The molecule has 0 saturated heterocycles. The quantitative estimate of drug-likeness (QED) is 0.499. The number of amides is 1. The number of nitrogens with zero attached hydrogens (tertiary/aromatic N) is 1. The van der Waals surface area contributed by atoms with Gasteiger partial charge < -0.3 is 10.1 Å². The van der Waals surface area contributed by atoms with Gasteiger partial charge in [-0.1, -0.05) is 61.0 Å². The first-order valence-electron chi connectivity index (χ1n) is 10.9. The second kappa shape index (κ2) is 10.5. The van der Waals surface area contributed by atoms with Crippen molar-refractivity contribution in [1.29, 1.82) is 0 Å². The number of benzene rings is 3. The molecule has 0 radical (unpaired) electrons. The maximum atomic E-state index is 13.6. The minimum atomic E-state index is -3.96. The first-order valence-corrected chi connectivity index (χ1v) is 12.3. The van der Waals surface area contributed by atoms with Crippen molar-refractivity contribution in [2.75, 3.05) is 18.0 Å². The summed E-state index contributed by atoms with van der Waals surface area (Å²) in [4.78, 5) is 13.2. The molecule has 1 amide bonds. The number of nitrogens with one attached hydrogen (secondary N) is 1. The van der Waals surface area contributed by atoms with E-state index >= 15 is 0 Å². The van der Waals surface area contributed by atoms with E-state index in [1.807, 2.05) is 57.2 Å². The summed E-state index contributed by atoms with van der Waals surface area (Å²) in [5, 5.41) is 2.92. The number of ether oxygens (including phenoxy) is 1. The van der Waals surface area contributed by atoms with E-state index in [4.69, 9.17) is 4.74 Å². The summed E-state index contributed by atoms with van der Waals surface area (Å²) in [5.74, 6) is 0.251. The smallest absolute Gasteiger partial charge is 0.264 e. The van der Waals surface area contributed by atoms with Gasteiger partial charge in [0.05, 0.1) is 23.7 Å². The van der Waals surface area contributed by atoms with Crippen molar-refractivity contribution < 1.29 is 17.9 Å². The third kappa shape index (κ3) is 5.54. The van der Waals surface area contributed by atoms with Gasteiger partial charge in [-0.3, -0.25) is 9.10 Å². The van der Waals surface area contributed by atoms with Crippen molar-refractivity contribution in [1.82, 2.24) is 5.32 Å². The predicted octanol–water partition coefficient (Wildman–Crippen LogP) is 4.64. The number of hydrogen-bond acceptors (Lipinski definition) is 4. The molecule has 0 aromatic heterocycles. The van der Waals surface area contributed by atoms with Crippen LogP contribution in [0.15, 0.2) is 77.7 Å². The van der Waals surface area contributed by atoms with E-state index < -0.39 is 15.9 Å². The maximum Gasteiger partial charge on any atom is 0.264 e. The number of para-hydroxylation sites is 2. The molecule has 0 aliphatic carbocycles. The van der Waals surface area contributed by atoms with Crippen molar-refractivity contribution in [3.05, 3.63) is 89.5 Å². The molecule has 7 heteroatoms. The van der Waals surface area contributed by atoms with Crippen LogP contribution in [-0.4, -0.2) is 28.0 Å². The topological polar surface area (TPSA) is 75.7 Å². The average molecular weight is 467 g/mol. The Hall–Kier alpha value is -3.32. The van der Waals surface area contributed by atoms with Gasteiger partial charge >= 0.3 is 0 Å². The third-order valence-corrected chi connectivity index (χ3v) is 7.29. The largest absolute Gasteiger partial charge is 0.496 e. The van der Waals surface area contributed by atoms with Crippen LogP contribution in [0.2, 0.25) is 0 Å². The molecule has 0 unspecified atom stereocenters. The van der Waals surface area contributed by atoms with Gasteiger partial charge in [-0.15, -0.1) is 0 Å². The molecule has 0 aliphatic rings. The molecule has 0 aliphatic heterocycles. The Morgan fingerprint density at radius 3 is 2.30 bits per heavy atom. The summed E-state index contributed by atoms with van der Waals surface area (Å²) < 4.78 is 33.8. The molecule has 1 atom stereocenters. The molecular formula is C26H30N2O4S. The molecular weight excluding hydrogens is 436 g/mol. The second-order valence-corrected chi connectivity index (χ2v) is 9.70. The van der Waals surface area contributed by atoms with Gasteiger partial charge in [0, 0.05) is 5.56 Å². The minimum Gasteiger partial charge on any atom is -0.496 e. The van der Waals surface area contributed by atoms with E-state index in [-0.39, 0.29) is 17.5 Å². The number of sulfonamides is 1. The summed E-state index contributed by atoms with van der Waals surface area (Å²) in [6, 6.07) is 21.0. The lowest BCUT2D eigenvalue weighted by atomic mass is 10.1. The van der Waals surface area contributed by atoms with Crippen LogP contribution in [0.1, 0.15) is 36.6 Å². The van der Waals surface area contributed by atoms with Gasteiger partial charge in [-0.2, -0.15) is 0 Å². The Kier molecular flexibility index (Phi) is 7.76. The fourth-order valence-electron chi connectivity index (χ4n) is 3.71. The van der Waals surface area contributed by atoms with Crippen molar-refractivity contribution in [2.45, 2.75) is 38.1 Å². The van der Waals surface area contributed by atoms with Gasteiger partial charge in [-0.05, 0) is 50.1 Å². The van der Waals surface area contributed by atoms with E-state index in [2.05, 4.69) is 5.32 Å². The van der Waals surface area contributed by atoms with Gasteiger partial charge in [0.15, 0.2) is 0 Å². The average Bonchev–Trinajstić information content (AvgIpc) is 2.82. The number of carbonyl (C=O) groups is 1. The van der Waals surface area contributed by atoms with Crippen molar-refractivity contribution in [3.63, 3.8) is 0 Å². The van der Waals surface area contributed by atoms with Crippen LogP contribution in [-0.2, 0) is 21.2 Å². The molecule has 174 valence electrons. The molecule has 3 aromatic carbocycles. The standard InChI is InChI=1S/C26H30N2O4S/c1-5-21-10-6-8-12-24(21)28(33(30,31)22-16-14-19(2)15-17-22)18-26(29)27-20(3)23-11-7-9-13-25(23)32-4/h6-17,20H,5,18H2,1-4H3,(H,27,29)/t20-/m1/s1. The summed E-state index contributed by atoms with van der Waals surface area (Å²) in [7, 11) is -2.39. The zero-order chi connectivity index (χ0) is 24.0. The predicted molar refractivity (Wildman–Crippen MR) is 131 cm³/mol. The van der Waals surface area contributed by atoms with Crippen LogP contribution < -0.4 is 14.4 Å². The summed E-state index contributed by atoms with van der Waals surface area (Å²) >= 11 is 0. The van der Waals surface area contributed by atoms with Crippen LogP contribution in [0.5, 0.6) is 5.75 Å². The molecule has 0 fully saturated rings. The van der Waals surface area contributed by atoms with Crippen LogP contribution >= 0.6 is 0 Å². The Morgan fingerprint density at radius 1 is 1.00 bits per heavy atom. The van der Waals surface area contributed by atoms with E-state index in [1.165, 1.54) is 4.31 Å². The number of rotatable bonds is 9. The highest BCUT2D eigenvalue weighted by Crippen LogP contribution is 2.28. The molecule has 6 nitrogen and oxygen atoms in total. The second-order valence-electron chi connectivity index (χ2n) is 7.84. The highest BCUT2D eigenvalue weighted by molar-refractivity contribution is 7.92. The Bertz CT molecular complexity index is 1210. The normalized spacial score (nSPS) is 12.1. The van der Waals surface area contributed by atoms with E-state index in [9.17, 15) is 13.2 Å². The van der Waals surface area contributed by atoms with Gasteiger partial charge in [0.25, 0.3) is 10.0 Å². The molecule has 1 N–H and O–H groups in total. The van der Waals surface area contributed by atoms with Gasteiger partial charge in [0.1, 0.15) is 12.3 Å². The lowest BCUT2D eigenvalue weighted by molar-refractivity contribution is -0.120. The fraction of sp³-hybridized carbons (Fsp3) is 0.269. The molecule has 0 bridgehead atoms. The zero-order valence-corrected chi connectivity index (χ0v) is 20.2. The van der Waals surface area contributed by atoms with Crippen molar-refractivity contribution in [2.24, 2.45) is 0 Å². The van der Waals surface area contributed by atoms with Crippen LogP contribution in [0, 0.1) is 6.92 Å². The zero-order valence-electron chi connectivity index (χ0n) is 19.4. The van der Waals surface area contributed by atoms with Crippen LogP contribution in [0.25, 0.3) is 0 Å². The first-order chi connectivity index (χ1) is 15.8. The first kappa shape index (κ1) is 24.3. The molecule has 0 heterocycles. The molecule has 33 heavy (non-hydrogen) atoms. The highest BCUT2D eigenvalue weighted by atomic mass is 32.2. The summed E-state index contributed by atoms with van der Waals surface area (Å²) in [6.07, 6.45) is 0.634. The van der Waals surface area contributed by atoms with Crippen molar-refractivity contribution in [3.8, 4) is 5.75 Å². The number of hydrogen-bond donors (Lipinski definition) is 1. The van der Waals surface area contributed by atoms with Gasteiger partial charge in [-0.25, -0.2) is 8.42 Å². The lowest BCUT2D eigenvalue weighted by Gasteiger charge is -2.27.